The summed E-state index contributed by atoms with van der Waals surface area (Å²) in [5.41, 5.74) is 3.02. The van der Waals surface area contributed by atoms with Crippen molar-refractivity contribution in [2.75, 3.05) is 93.8 Å². The number of hydrogen-bond acceptors (Lipinski definition) is 18. The number of carbonyl (C=O) groups is 4. The molecule has 2 N–H and O–H groups in total. The molecule has 4 aliphatic heterocycles. The first-order valence-corrected chi connectivity index (χ1v) is 34.9. The Morgan fingerprint density at radius 3 is 1.86 bits per heavy atom. The highest BCUT2D eigenvalue weighted by Crippen LogP contribution is 2.44. The second-order valence-corrected chi connectivity index (χ2v) is 26.6. The molecule has 530 valence electrons. The van der Waals surface area contributed by atoms with Gasteiger partial charge in [-0.15, -0.1) is 11.8 Å². The molecule has 3 unspecified atom stereocenters. The van der Waals surface area contributed by atoms with Crippen molar-refractivity contribution in [2.24, 2.45) is 9.52 Å². The monoisotopic (exact) mass is 1530 g/mol. The predicted molar refractivity (Wildman–Crippen MR) is 374 cm³/mol. The number of likely N-dealkylation sites (N-methyl/N-ethyl adjacent to an activating group) is 1. The van der Waals surface area contributed by atoms with E-state index >= 15 is 13.6 Å². The van der Waals surface area contributed by atoms with Crippen LogP contribution >= 0.6 is 11.8 Å². The number of rotatable bonds is 33. The van der Waals surface area contributed by atoms with Crippen LogP contribution in [0.15, 0.2) is 226 Å². The Balaban J connectivity index is 0.0000110. The lowest BCUT2D eigenvalue weighted by Crippen LogP contribution is -3.00. The fourth-order valence-electron chi connectivity index (χ4n) is 12.1. The van der Waals surface area contributed by atoms with Gasteiger partial charge in [-0.25, -0.2) is 28.2 Å². The van der Waals surface area contributed by atoms with Gasteiger partial charge in [0.25, 0.3) is 5.91 Å². The molecule has 0 spiro atoms. The fraction of sp³-hybridized carbons (Fsp3) is 0.303. The van der Waals surface area contributed by atoms with E-state index < -0.39 is 112 Å². The number of nitrogens with zero attached hydrogens (tertiary/aromatic N) is 4. The van der Waals surface area contributed by atoms with Gasteiger partial charge in [-0.1, -0.05) is 174 Å². The maximum Gasteiger partial charge on any atom is 0.355 e. The second kappa shape index (κ2) is 36.3. The van der Waals surface area contributed by atoms with Crippen LogP contribution in [-0.4, -0.2) is 143 Å². The summed E-state index contributed by atoms with van der Waals surface area (Å²) in [7, 11) is 4.96. The van der Waals surface area contributed by atoms with Crippen LogP contribution in [0.4, 0.5) is 8.78 Å². The maximum absolute atomic E-state index is 17.9. The number of thioether (sulfide) groups is 1. The van der Waals surface area contributed by atoms with E-state index in [0.717, 1.165) is 65.3 Å². The molecule has 4 atom stereocenters. The van der Waals surface area contributed by atoms with Crippen molar-refractivity contribution in [3.8, 4) is 17.2 Å². The van der Waals surface area contributed by atoms with E-state index in [0.29, 0.717) is 28.2 Å². The Morgan fingerprint density at radius 1 is 0.752 bits per heavy atom. The number of nitrogens with one attached hydrogen (secondary N) is 2. The smallest absolute Gasteiger partial charge is 0.355 e. The van der Waals surface area contributed by atoms with Crippen molar-refractivity contribution in [2.45, 2.75) is 55.0 Å². The summed E-state index contributed by atoms with van der Waals surface area (Å²) in [6.45, 7) is 2.00. The van der Waals surface area contributed by atoms with Gasteiger partial charge < -0.3 is 81.7 Å². The minimum Gasteiger partial charge on any atom is -1.00 e. The zero-order valence-corrected chi connectivity index (χ0v) is 60.0. The highest BCUT2D eigenvalue weighted by molar-refractivity contribution is 8.05. The fourth-order valence-corrected chi connectivity index (χ4v) is 14.7. The van der Waals surface area contributed by atoms with Crippen molar-refractivity contribution in [3.05, 3.63) is 267 Å². The molecule has 0 bridgehead atoms. The number of likely N-dealkylation sites (tertiary alicyclic amines) is 1. The summed E-state index contributed by atoms with van der Waals surface area (Å²) in [4.78, 5) is 71.9. The van der Waals surface area contributed by atoms with Crippen LogP contribution in [0, 0.1) is 11.6 Å². The summed E-state index contributed by atoms with van der Waals surface area (Å²) < 4.78 is 90.7. The Labute approximate surface area is 609 Å². The average molecular weight is 1530 g/mol. The first-order chi connectivity index (χ1) is 48.8. The van der Waals surface area contributed by atoms with Crippen molar-refractivity contribution in [1.82, 2.24) is 15.5 Å². The third-order valence-electron chi connectivity index (χ3n) is 17.3. The standard InChI is InChI=1S/C76H78F2N6O14S2.HI/c1-84(38-20-21-39-84)40-22-27-55-48-99-72-65(71(86)83(72)66(55)73(87)94-47-52-34-36-60(91-4)37-35-52)80-63(85)45-59-49-100(75(79-59)81-76(56-28-14-7-15-29-56,57-30-16-8-17-31-57)58-32-18-9-19-33-58)82-98-68(74(88)97-67(53-23-10-5-11-24-53)54-25-12-6-13-26-54)61-46-62(77)69(95-50-92-43-41-89-2)70(64(61)78)96-51-93-44-42-90-3;/h5-19,22-37,46,49,65,67-68,72H,20-21,38-45,47-48,50-51H2,1-4H3,(H-,79,80,81,85);1H/t65-,68?,72?,100?;/m0./s1. The number of amidine groups is 1. The number of quaternary nitrogens is 1. The Hall–Kier alpha value is -8.64. The van der Waals surface area contributed by atoms with E-state index in [1.54, 1.807) is 97.4 Å². The number of carbonyl (C=O) groups excluding carboxylic acids is 4. The molecule has 7 aromatic rings. The van der Waals surface area contributed by atoms with Crippen LogP contribution in [-0.2, 0) is 75.3 Å². The molecule has 20 nitrogen and oxygen atoms in total. The number of hydrogen-bond donors (Lipinski definition) is 2. The van der Waals surface area contributed by atoms with Crippen LogP contribution in [0.2, 0.25) is 0 Å². The number of benzene rings is 7. The first-order valence-electron chi connectivity index (χ1n) is 32.6. The zero-order valence-electron chi connectivity index (χ0n) is 56.2. The van der Waals surface area contributed by atoms with E-state index in [9.17, 15) is 14.4 Å². The van der Waals surface area contributed by atoms with E-state index in [1.165, 1.54) is 30.9 Å². The summed E-state index contributed by atoms with van der Waals surface area (Å²) in [6, 6.07) is 53.3. The molecule has 2 amide bonds. The van der Waals surface area contributed by atoms with Crippen molar-refractivity contribution in [3.63, 3.8) is 0 Å². The lowest BCUT2D eigenvalue weighted by molar-refractivity contribution is -0.891. The molecule has 0 aromatic heterocycles. The number of esters is 2. The molecule has 0 saturated carbocycles. The van der Waals surface area contributed by atoms with Gasteiger partial charge in [0.1, 0.15) is 35.0 Å². The molecular formula is C76H79F2IN6O14S2. The van der Waals surface area contributed by atoms with Gasteiger partial charge in [-0.05, 0) is 63.2 Å². The lowest BCUT2D eigenvalue weighted by Gasteiger charge is -2.49. The number of β-lactam (4-membered cyclic amide) rings is 1. The number of ether oxygens (including phenoxy) is 9. The molecular weight excluding hydrogens is 1450 g/mol. The molecule has 2 saturated heterocycles. The number of fused-ring (bicyclic) bond motifs is 1. The molecule has 25 heteroatoms. The van der Waals surface area contributed by atoms with Crippen LogP contribution in [0.3, 0.4) is 0 Å². The van der Waals surface area contributed by atoms with Gasteiger partial charge in [0.05, 0.1) is 72.3 Å². The Kier molecular flexibility index (Phi) is 27.0. The van der Waals surface area contributed by atoms with Crippen LogP contribution < -0.4 is 48.8 Å². The quantitative estimate of drug-likeness (QED) is 0.00577. The number of amides is 2. The predicted octanol–water partition coefficient (Wildman–Crippen LogP) is 8.46. The van der Waals surface area contributed by atoms with Crippen molar-refractivity contribution < 1.29 is 104 Å². The average Bonchev–Trinajstić information content (AvgIpc) is 1.63. The molecule has 2 fully saturated rings. The van der Waals surface area contributed by atoms with Crippen molar-refractivity contribution >= 4 is 51.4 Å². The molecule has 101 heavy (non-hydrogen) atoms. The maximum atomic E-state index is 17.9. The molecule has 4 aliphatic rings. The number of halogens is 3. The summed E-state index contributed by atoms with van der Waals surface area (Å²) in [6.07, 6.45) is 2.51. The Bertz CT molecular complexity index is 3990. The van der Waals surface area contributed by atoms with Crippen LogP contribution in [0.5, 0.6) is 17.2 Å². The van der Waals surface area contributed by atoms with Crippen molar-refractivity contribution in [1.29, 1.82) is 0 Å². The largest absolute Gasteiger partial charge is 1.00 e. The Morgan fingerprint density at radius 2 is 1.31 bits per heavy atom. The third-order valence-corrected chi connectivity index (χ3v) is 19.9. The highest BCUT2D eigenvalue weighted by Gasteiger charge is 2.54. The van der Waals surface area contributed by atoms with Gasteiger partial charge in [0.15, 0.2) is 36.5 Å². The highest BCUT2D eigenvalue weighted by atomic mass is 127. The zero-order chi connectivity index (χ0) is 69.9. The number of allylic oxidation sites excluding steroid dienone is 1. The van der Waals surface area contributed by atoms with Gasteiger partial charge in [0.2, 0.25) is 23.5 Å². The van der Waals surface area contributed by atoms with E-state index in [4.69, 9.17) is 57.0 Å². The molecule has 4 heterocycles. The molecule has 7 aromatic carbocycles. The van der Waals surface area contributed by atoms with Gasteiger partial charge >= 0.3 is 11.9 Å². The SMILES string of the molecule is COCCOCOc1c(F)cc(C(ON=S2C=C(CC(=O)N[C@H]3C(=O)N4C(C(=O)OCc5ccc(OC)cc5)=C(C=CC[N+]5(C)CCCC5)CSC34)N=C2NC(c2ccccc2)(c2ccccc2)c2ccccc2)C(=O)OC(c2ccccc2)c2ccccc2)c(F)c1OCOCCOC.[I-]. The molecule has 11 rings (SSSR count). The third kappa shape index (κ3) is 18.4. The van der Waals surface area contributed by atoms with Gasteiger partial charge in [-0.2, -0.15) is 0 Å². The molecule has 0 radical (unpaired) electrons. The minimum absolute atomic E-state index is 0. The summed E-state index contributed by atoms with van der Waals surface area (Å²) in [5.74, 6) is -5.97. The summed E-state index contributed by atoms with van der Waals surface area (Å²) in [5, 5.41) is 7.69. The van der Waals surface area contributed by atoms with E-state index in [-0.39, 0.29) is 73.6 Å². The van der Waals surface area contributed by atoms with Gasteiger partial charge in [-0.3, -0.25) is 14.5 Å². The van der Waals surface area contributed by atoms with E-state index in [1.807, 2.05) is 97.1 Å². The van der Waals surface area contributed by atoms with Gasteiger partial charge in [0, 0.05) is 54.5 Å². The number of methoxy groups -OCH3 is 3. The normalized spacial score (nSPS) is 17.3. The topological polar surface area (TPSA) is 213 Å². The van der Waals surface area contributed by atoms with Crippen LogP contribution in [0.1, 0.15) is 70.4 Å². The summed E-state index contributed by atoms with van der Waals surface area (Å²) >= 11 is 1.41. The van der Waals surface area contributed by atoms with E-state index in [2.05, 4.69) is 23.8 Å². The number of aliphatic imine (C=N–C) groups is 1. The molecule has 0 aliphatic carbocycles. The second-order valence-electron chi connectivity index (χ2n) is 24.0. The first kappa shape index (κ1) is 75.0. The van der Waals surface area contributed by atoms with Crippen LogP contribution in [0.25, 0.3) is 0 Å². The minimum atomic E-state index is -2.20. The lowest BCUT2D eigenvalue weighted by atomic mass is 9.77.